The first-order valence-corrected chi connectivity index (χ1v) is 11.3. The van der Waals surface area contributed by atoms with Gasteiger partial charge in [0.15, 0.2) is 0 Å². The molecule has 0 aliphatic carbocycles. The maximum atomic E-state index is 13.1. The fraction of sp³-hybridized carbons (Fsp3) is 0.478. The number of carbonyl (C=O) groups excluding carboxylic acids is 2. The molecule has 2 amide bonds. The molecular formula is C23H31N7O3. The number of hydrogen-bond acceptors (Lipinski definition) is 8. The van der Waals surface area contributed by atoms with Crippen molar-refractivity contribution in [2.24, 2.45) is 11.5 Å². The fourth-order valence-electron chi connectivity index (χ4n) is 4.39. The Morgan fingerprint density at radius 3 is 2.64 bits per heavy atom. The zero-order valence-electron chi connectivity index (χ0n) is 19.0. The van der Waals surface area contributed by atoms with Crippen LogP contribution in [0.3, 0.4) is 0 Å². The highest BCUT2D eigenvalue weighted by Crippen LogP contribution is 2.24. The van der Waals surface area contributed by atoms with E-state index in [0.717, 1.165) is 19.4 Å². The number of carbonyl (C=O) groups is 2. The van der Waals surface area contributed by atoms with Gasteiger partial charge in [0.05, 0.1) is 12.2 Å². The SMILES string of the molecule is C[C@@H]1CN(C(=O)c2cccc(Nc3nc(N4CCC[C@H](N)C4)ncc3C(N)=O)c2)C[C@H](C)O1. The molecule has 10 nitrogen and oxygen atoms in total. The third kappa shape index (κ3) is 5.40. The summed E-state index contributed by atoms with van der Waals surface area (Å²) >= 11 is 0. The van der Waals surface area contributed by atoms with Crippen molar-refractivity contribution in [2.45, 2.75) is 44.9 Å². The normalized spacial score (nSPS) is 23.3. The molecule has 1 aromatic heterocycles. The maximum absolute atomic E-state index is 13.1. The number of nitrogens with two attached hydrogens (primary N) is 2. The minimum absolute atomic E-state index is 0.0144. The number of amides is 2. The van der Waals surface area contributed by atoms with Gasteiger partial charge in [-0.3, -0.25) is 9.59 Å². The van der Waals surface area contributed by atoms with E-state index in [1.54, 1.807) is 23.1 Å². The predicted octanol–water partition coefficient (Wildman–Crippen LogP) is 1.50. The summed E-state index contributed by atoms with van der Waals surface area (Å²) in [5.74, 6) is 0.0791. The van der Waals surface area contributed by atoms with Gasteiger partial charge < -0.3 is 31.3 Å². The van der Waals surface area contributed by atoms with E-state index in [1.165, 1.54) is 6.20 Å². The van der Waals surface area contributed by atoms with Crippen molar-refractivity contribution in [3.8, 4) is 0 Å². The molecule has 176 valence electrons. The number of anilines is 3. The van der Waals surface area contributed by atoms with Crippen molar-refractivity contribution in [3.63, 3.8) is 0 Å². The van der Waals surface area contributed by atoms with Gasteiger partial charge in [-0.05, 0) is 44.9 Å². The smallest absolute Gasteiger partial charge is 0.254 e. The molecule has 1 aromatic carbocycles. The summed E-state index contributed by atoms with van der Waals surface area (Å²) in [4.78, 5) is 37.8. The van der Waals surface area contributed by atoms with Gasteiger partial charge in [0.25, 0.3) is 11.8 Å². The lowest BCUT2D eigenvalue weighted by atomic mass is 10.1. The highest BCUT2D eigenvalue weighted by molar-refractivity contribution is 5.99. The molecule has 0 radical (unpaired) electrons. The molecule has 2 saturated heterocycles. The summed E-state index contributed by atoms with van der Waals surface area (Å²) in [6.45, 7) is 6.45. The Morgan fingerprint density at radius 2 is 1.94 bits per heavy atom. The number of piperidine rings is 1. The molecule has 0 bridgehead atoms. The van der Waals surface area contributed by atoms with Crippen molar-refractivity contribution in [1.82, 2.24) is 14.9 Å². The van der Waals surface area contributed by atoms with Crippen LogP contribution in [0.5, 0.6) is 0 Å². The van der Waals surface area contributed by atoms with Gasteiger partial charge in [-0.1, -0.05) is 6.07 Å². The second-order valence-corrected chi connectivity index (χ2v) is 8.82. The summed E-state index contributed by atoms with van der Waals surface area (Å²) in [5.41, 5.74) is 13.0. The largest absolute Gasteiger partial charge is 0.372 e. The Balaban J connectivity index is 1.57. The fourth-order valence-corrected chi connectivity index (χ4v) is 4.39. The van der Waals surface area contributed by atoms with Crippen LogP contribution in [0.4, 0.5) is 17.5 Å². The second kappa shape index (κ2) is 9.72. The molecular weight excluding hydrogens is 422 g/mol. The van der Waals surface area contributed by atoms with Gasteiger partial charge in [0.1, 0.15) is 11.4 Å². The number of ether oxygens (including phenoxy) is 1. The van der Waals surface area contributed by atoms with Crippen LogP contribution in [0, 0.1) is 0 Å². The number of primary amides is 1. The minimum atomic E-state index is -0.636. The minimum Gasteiger partial charge on any atom is -0.372 e. The number of nitrogens with one attached hydrogen (secondary N) is 1. The van der Waals surface area contributed by atoms with Crippen molar-refractivity contribution in [3.05, 3.63) is 41.6 Å². The average molecular weight is 454 g/mol. The van der Waals surface area contributed by atoms with E-state index >= 15 is 0 Å². The molecule has 2 fully saturated rings. The Bertz CT molecular complexity index is 1020. The van der Waals surface area contributed by atoms with Crippen molar-refractivity contribution >= 4 is 29.3 Å². The van der Waals surface area contributed by atoms with Crippen molar-refractivity contribution in [2.75, 3.05) is 36.4 Å². The predicted molar refractivity (Wildman–Crippen MR) is 126 cm³/mol. The van der Waals surface area contributed by atoms with E-state index in [1.807, 2.05) is 24.8 Å². The lowest BCUT2D eigenvalue weighted by Gasteiger charge is -2.35. The molecule has 0 unspecified atom stereocenters. The molecule has 3 heterocycles. The molecule has 3 atom stereocenters. The van der Waals surface area contributed by atoms with Gasteiger partial charge in [0, 0.05) is 49.7 Å². The Morgan fingerprint density at radius 1 is 1.18 bits per heavy atom. The number of rotatable bonds is 5. The molecule has 2 aliphatic heterocycles. The van der Waals surface area contributed by atoms with E-state index in [4.69, 9.17) is 16.2 Å². The first kappa shape index (κ1) is 22.9. The molecule has 4 rings (SSSR count). The Hall–Kier alpha value is -3.24. The second-order valence-electron chi connectivity index (χ2n) is 8.82. The van der Waals surface area contributed by atoms with Crippen molar-refractivity contribution < 1.29 is 14.3 Å². The average Bonchev–Trinajstić information content (AvgIpc) is 2.78. The van der Waals surface area contributed by atoms with E-state index in [-0.39, 0.29) is 29.7 Å². The highest BCUT2D eigenvalue weighted by Gasteiger charge is 2.27. The molecule has 10 heteroatoms. The third-order valence-electron chi connectivity index (χ3n) is 5.86. The lowest BCUT2D eigenvalue weighted by Crippen LogP contribution is -2.48. The van der Waals surface area contributed by atoms with Crippen LogP contribution in [0.2, 0.25) is 0 Å². The van der Waals surface area contributed by atoms with Gasteiger partial charge in [-0.2, -0.15) is 4.98 Å². The topological polar surface area (TPSA) is 140 Å². The van der Waals surface area contributed by atoms with E-state index in [0.29, 0.717) is 42.7 Å². The Labute approximate surface area is 193 Å². The monoisotopic (exact) mass is 453 g/mol. The number of nitrogens with zero attached hydrogens (tertiary/aromatic N) is 4. The first-order valence-electron chi connectivity index (χ1n) is 11.3. The molecule has 2 aromatic rings. The number of aromatic nitrogens is 2. The Kier molecular flexibility index (Phi) is 6.75. The molecule has 5 N–H and O–H groups in total. The van der Waals surface area contributed by atoms with Gasteiger partial charge in [0.2, 0.25) is 5.95 Å². The number of morpholine rings is 1. The van der Waals surface area contributed by atoms with Crippen molar-refractivity contribution in [1.29, 1.82) is 0 Å². The summed E-state index contributed by atoms with van der Waals surface area (Å²) in [5, 5.41) is 3.16. The van der Waals surface area contributed by atoms with Gasteiger partial charge >= 0.3 is 0 Å². The summed E-state index contributed by atoms with van der Waals surface area (Å²) in [6, 6.07) is 7.18. The first-order chi connectivity index (χ1) is 15.8. The van der Waals surface area contributed by atoms with Crippen LogP contribution < -0.4 is 21.7 Å². The van der Waals surface area contributed by atoms with E-state index < -0.39 is 5.91 Å². The van der Waals surface area contributed by atoms with Crippen LogP contribution in [0.25, 0.3) is 0 Å². The van der Waals surface area contributed by atoms with Gasteiger partial charge in [-0.25, -0.2) is 4.98 Å². The summed E-state index contributed by atoms with van der Waals surface area (Å²) in [7, 11) is 0. The maximum Gasteiger partial charge on any atom is 0.254 e. The van der Waals surface area contributed by atoms with Gasteiger partial charge in [-0.15, -0.1) is 0 Å². The molecule has 0 saturated carbocycles. The van der Waals surface area contributed by atoms with E-state index in [9.17, 15) is 9.59 Å². The van der Waals surface area contributed by atoms with Crippen LogP contribution in [-0.4, -0.2) is 71.1 Å². The number of hydrogen-bond donors (Lipinski definition) is 3. The zero-order valence-corrected chi connectivity index (χ0v) is 19.0. The highest BCUT2D eigenvalue weighted by atomic mass is 16.5. The van der Waals surface area contributed by atoms with Crippen LogP contribution >= 0.6 is 0 Å². The molecule has 2 aliphatic rings. The standard InChI is InChI=1S/C23H31N7O3/c1-14-11-30(12-15(2)33-14)22(32)16-5-3-7-18(9-16)27-21-19(20(25)31)10-26-23(28-21)29-8-4-6-17(24)13-29/h3,5,7,9-10,14-15,17H,4,6,8,11-13,24H2,1-2H3,(H2,25,31)(H,26,27,28)/t14-,15+,17-/m0/s1. The zero-order chi connectivity index (χ0) is 23.5. The van der Waals surface area contributed by atoms with Crippen LogP contribution in [-0.2, 0) is 4.74 Å². The summed E-state index contributed by atoms with van der Waals surface area (Å²) in [6.07, 6.45) is 3.31. The van der Waals surface area contributed by atoms with E-state index in [2.05, 4.69) is 15.3 Å². The summed E-state index contributed by atoms with van der Waals surface area (Å²) < 4.78 is 5.73. The lowest BCUT2D eigenvalue weighted by molar-refractivity contribution is -0.0586. The number of benzene rings is 1. The molecule has 0 spiro atoms. The molecule has 33 heavy (non-hydrogen) atoms. The van der Waals surface area contributed by atoms with Crippen LogP contribution in [0.15, 0.2) is 30.5 Å². The third-order valence-corrected chi connectivity index (χ3v) is 5.86. The van der Waals surface area contributed by atoms with Crippen LogP contribution in [0.1, 0.15) is 47.4 Å². The quantitative estimate of drug-likeness (QED) is 0.619.